The molecule has 0 saturated carbocycles. The van der Waals surface area contributed by atoms with Crippen LogP contribution in [0.2, 0.25) is 0 Å². The van der Waals surface area contributed by atoms with Gasteiger partial charge in [0.15, 0.2) is 0 Å². The minimum atomic E-state index is -3.77. The number of sulfonamides is 1. The highest BCUT2D eigenvalue weighted by atomic mass is 32.2. The summed E-state index contributed by atoms with van der Waals surface area (Å²) in [5.74, 6) is 0.187. The van der Waals surface area contributed by atoms with E-state index in [2.05, 4.69) is 67.2 Å². The SMILES string of the molecule is C=C1c2ccccc2[C@H](c2ccccc2)[C@H]2CN(S(=O)(=O)c3c(C)cc(C)cc3C)[C@@H](Cc3ccccc3)[C@H]12. The summed E-state index contributed by atoms with van der Waals surface area (Å²) in [4.78, 5) is 0.448. The standard InChI is InChI=1S/C35H35NO2S/c1-23-19-24(2)35(25(3)20-23)39(37,38)36-22-31-33(32(36)21-27-13-7-5-8-14-27)26(4)29-17-11-12-18-30(29)34(31)28-15-9-6-10-16-28/h5-20,31-34H,4,21-22H2,1-3H3/t31-,32-,33+,34-/m0/s1. The zero-order valence-electron chi connectivity index (χ0n) is 22.8. The Kier molecular flexibility index (Phi) is 6.57. The van der Waals surface area contributed by atoms with Crippen molar-refractivity contribution in [1.82, 2.24) is 4.31 Å². The van der Waals surface area contributed by atoms with Gasteiger partial charge in [0.2, 0.25) is 10.0 Å². The van der Waals surface area contributed by atoms with Crippen LogP contribution in [0.3, 0.4) is 0 Å². The summed E-state index contributed by atoms with van der Waals surface area (Å²) < 4.78 is 31.1. The molecule has 3 nitrogen and oxygen atoms in total. The van der Waals surface area contributed by atoms with Gasteiger partial charge in [-0.3, -0.25) is 0 Å². The second-order valence-corrected chi connectivity index (χ2v) is 13.1. The fourth-order valence-corrected chi connectivity index (χ4v) is 9.43. The predicted molar refractivity (Wildman–Crippen MR) is 159 cm³/mol. The molecule has 1 fully saturated rings. The monoisotopic (exact) mass is 533 g/mol. The molecular weight excluding hydrogens is 498 g/mol. The van der Waals surface area contributed by atoms with Gasteiger partial charge in [-0.2, -0.15) is 4.31 Å². The Balaban J connectivity index is 1.54. The van der Waals surface area contributed by atoms with Crippen LogP contribution in [0.15, 0.2) is 109 Å². The maximum Gasteiger partial charge on any atom is 0.243 e. The molecular formula is C35H35NO2S. The molecule has 0 bridgehead atoms. The van der Waals surface area contributed by atoms with Crippen LogP contribution in [-0.2, 0) is 16.4 Å². The summed E-state index contributed by atoms with van der Waals surface area (Å²) in [6.45, 7) is 11.0. The van der Waals surface area contributed by atoms with Crippen LogP contribution in [0.25, 0.3) is 5.57 Å². The molecule has 0 spiro atoms. The van der Waals surface area contributed by atoms with Crippen molar-refractivity contribution < 1.29 is 8.42 Å². The van der Waals surface area contributed by atoms with E-state index in [9.17, 15) is 8.42 Å². The first-order valence-electron chi connectivity index (χ1n) is 13.7. The molecule has 39 heavy (non-hydrogen) atoms. The molecule has 1 aliphatic heterocycles. The molecule has 0 unspecified atom stereocenters. The Morgan fingerprint density at radius 3 is 2.08 bits per heavy atom. The van der Waals surface area contributed by atoms with E-state index < -0.39 is 10.0 Å². The molecule has 198 valence electrons. The molecule has 0 N–H and O–H groups in total. The molecule has 4 aromatic carbocycles. The first-order chi connectivity index (χ1) is 18.8. The number of nitrogens with zero attached hydrogens (tertiary/aromatic N) is 1. The maximum absolute atomic E-state index is 14.7. The highest BCUT2D eigenvalue weighted by Gasteiger charge is 2.54. The highest BCUT2D eigenvalue weighted by molar-refractivity contribution is 7.89. The lowest BCUT2D eigenvalue weighted by Gasteiger charge is -2.39. The van der Waals surface area contributed by atoms with E-state index in [1.54, 1.807) is 0 Å². The lowest BCUT2D eigenvalue weighted by Crippen LogP contribution is -2.40. The first kappa shape index (κ1) is 25.8. The van der Waals surface area contributed by atoms with Gasteiger partial charge in [-0.25, -0.2) is 8.42 Å². The molecule has 1 heterocycles. The number of hydrogen-bond acceptors (Lipinski definition) is 2. The minimum absolute atomic E-state index is 0.00569. The topological polar surface area (TPSA) is 37.4 Å². The van der Waals surface area contributed by atoms with Crippen LogP contribution < -0.4 is 0 Å². The van der Waals surface area contributed by atoms with E-state index in [0.717, 1.165) is 33.4 Å². The molecule has 0 radical (unpaired) electrons. The van der Waals surface area contributed by atoms with Crippen molar-refractivity contribution in [2.24, 2.45) is 11.8 Å². The van der Waals surface area contributed by atoms with Crippen LogP contribution in [0.4, 0.5) is 0 Å². The van der Waals surface area contributed by atoms with Crippen molar-refractivity contribution in [2.75, 3.05) is 6.54 Å². The predicted octanol–water partition coefficient (Wildman–Crippen LogP) is 7.32. The van der Waals surface area contributed by atoms with Crippen LogP contribution in [-0.4, -0.2) is 25.3 Å². The van der Waals surface area contributed by atoms with Crippen LogP contribution >= 0.6 is 0 Å². The second-order valence-electron chi connectivity index (χ2n) is 11.3. The average Bonchev–Trinajstić information content (AvgIpc) is 3.29. The van der Waals surface area contributed by atoms with Gasteiger partial charge in [0.25, 0.3) is 0 Å². The molecule has 4 atom stereocenters. The van der Waals surface area contributed by atoms with Gasteiger partial charge in [0, 0.05) is 24.4 Å². The largest absolute Gasteiger partial charge is 0.243 e. The van der Waals surface area contributed by atoms with Gasteiger partial charge in [-0.1, -0.05) is 109 Å². The van der Waals surface area contributed by atoms with Gasteiger partial charge in [0.1, 0.15) is 0 Å². The Bertz CT molecular complexity index is 1620. The number of aryl methyl sites for hydroxylation is 3. The Hall–Kier alpha value is -3.47. The third-order valence-corrected chi connectivity index (χ3v) is 10.9. The number of benzene rings is 4. The van der Waals surface area contributed by atoms with Crippen molar-refractivity contribution in [1.29, 1.82) is 0 Å². The lowest BCUT2D eigenvalue weighted by molar-refractivity contribution is 0.358. The van der Waals surface area contributed by atoms with Gasteiger partial charge in [-0.15, -0.1) is 0 Å². The van der Waals surface area contributed by atoms with Crippen molar-refractivity contribution in [3.63, 3.8) is 0 Å². The van der Waals surface area contributed by atoms with E-state index in [1.165, 1.54) is 11.1 Å². The molecule has 1 saturated heterocycles. The minimum Gasteiger partial charge on any atom is -0.207 e. The summed E-state index contributed by atoms with van der Waals surface area (Å²) in [5.41, 5.74) is 8.52. The van der Waals surface area contributed by atoms with Crippen molar-refractivity contribution in [3.8, 4) is 0 Å². The number of hydrogen-bond donors (Lipinski definition) is 0. The van der Waals surface area contributed by atoms with E-state index in [-0.39, 0.29) is 23.8 Å². The highest BCUT2D eigenvalue weighted by Crippen LogP contribution is 2.55. The first-order valence-corrected chi connectivity index (χ1v) is 15.2. The van der Waals surface area contributed by atoms with E-state index in [1.807, 2.05) is 61.5 Å². The summed E-state index contributed by atoms with van der Waals surface area (Å²) in [6.07, 6.45) is 0.647. The fourth-order valence-electron chi connectivity index (χ4n) is 7.33. The van der Waals surface area contributed by atoms with E-state index in [4.69, 9.17) is 0 Å². The number of fused-ring (bicyclic) bond motifs is 2. The maximum atomic E-state index is 14.7. The third kappa shape index (κ3) is 4.36. The summed E-state index contributed by atoms with van der Waals surface area (Å²) >= 11 is 0. The van der Waals surface area contributed by atoms with Crippen LogP contribution in [0, 0.1) is 32.6 Å². The van der Waals surface area contributed by atoms with Crippen molar-refractivity contribution >= 4 is 15.6 Å². The lowest BCUT2D eigenvalue weighted by atomic mass is 9.64. The van der Waals surface area contributed by atoms with Crippen molar-refractivity contribution in [3.05, 3.63) is 143 Å². The van der Waals surface area contributed by atoms with E-state index >= 15 is 0 Å². The summed E-state index contributed by atoms with van der Waals surface area (Å²) in [7, 11) is -3.77. The van der Waals surface area contributed by atoms with E-state index in [0.29, 0.717) is 17.9 Å². The third-order valence-electron chi connectivity index (χ3n) is 8.73. The van der Waals surface area contributed by atoms with Gasteiger partial charge < -0.3 is 0 Å². The van der Waals surface area contributed by atoms with Crippen molar-refractivity contribution in [2.45, 2.75) is 44.0 Å². The second kappa shape index (κ2) is 9.93. The molecule has 1 aliphatic carbocycles. The molecule has 4 heteroatoms. The fraction of sp³-hybridized carbons (Fsp3) is 0.257. The Morgan fingerprint density at radius 1 is 0.821 bits per heavy atom. The Labute approximate surface area is 232 Å². The van der Waals surface area contributed by atoms with Crippen LogP contribution in [0.1, 0.15) is 44.9 Å². The molecule has 4 aromatic rings. The zero-order chi connectivity index (χ0) is 27.3. The summed E-state index contributed by atoms with van der Waals surface area (Å²) in [5, 5.41) is 0. The van der Waals surface area contributed by atoms with Gasteiger partial charge in [0.05, 0.1) is 4.90 Å². The molecule has 2 aliphatic rings. The quantitative estimate of drug-likeness (QED) is 0.270. The van der Waals surface area contributed by atoms with Gasteiger partial charge in [-0.05, 0) is 72.1 Å². The number of rotatable bonds is 5. The Morgan fingerprint density at radius 2 is 1.41 bits per heavy atom. The average molecular weight is 534 g/mol. The van der Waals surface area contributed by atoms with Crippen LogP contribution in [0.5, 0.6) is 0 Å². The normalized spacial score (nSPS) is 22.9. The molecule has 0 amide bonds. The molecule has 6 rings (SSSR count). The smallest absolute Gasteiger partial charge is 0.207 e. The summed E-state index contributed by atoms with van der Waals surface area (Å²) in [6, 6.07) is 33.1. The zero-order valence-corrected chi connectivity index (χ0v) is 23.7. The van der Waals surface area contributed by atoms with Gasteiger partial charge >= 0.3 is 0 Å². The molecule has 0 aromatic heterocycles.